The predicted molar refractivity (Wildman–Crippen MR) is 105 cm³/mol. The minimum atomic E-state index is 0.439. The van der Waals surface area contributed by atoms with Crippen LogP contribution in [-0.2, 0) is 6.54 Å². The van der Waals surface area contributed by atoms with Gasteiger partial charge in [-0.25, -0.2) is 0 Å². The Morgan fingerprint density at radius 1 is 0.852 bits per heavy atom. The molecule has 5 rings (SSSR count). The SMILES string of the molecule is Clc1ccc2c(c1)C(c1ccccc1)=NCc1nnc(-c3ccncc3)n1-2. The molecule has 0 N–H and O–H groups in total. The van der Waals surface area contributed by atoms with E-state index in [4.69, 9.17) is 16.6 Å². The van der Waals surface area contributed by atoms with Crippen molar-refractivity contribution in [3.63, 3.8) is 0 Å². The van der Waals surface area contributed by atoms with Gasteiger partial charge >= 0.3 is 0 Å². The van der Waals surface area contributed by atoms with E-state index in [1.54, 1.807) is 12.4 Å². The molecule has 5 nitrogen and oxygen atoms in total. The van der Waals surface area contributed by atoms with Crippen molar-refractivity contribution < 1.29 is 0 Å². The monoisotopic (exact) mass is 371 g/mol. The number of aromatic nitrogens is 4. The van der Waals surface area contributed by atoms with E-state index >= 15 is 0 Å². The molecule has 1 aliphatic rings. The van der Waals surface area contributed by atoms with Crippen LogP contribution in [0.4, 0.5) is 0 Å². The van der Waals surface area contributed by atoms with Gasteiger partial charge in [-0.3, -0.25) is 14.5 Å². The molecule has 0 spiro atoms. The first-order valence-corrected chi connectivity index (χ1v) is 8.94. The van der Waals surface area contributed by atoms with Crippen molar-refractivity contribution in [1.82, 2.24) is 19.7 Å². The van der Waals surface area contributed by atoms with Crippen molar-refractivity contribution in [1.29, 1.82) is 0 Å². The number of rotatable bonds is 2. The molecule has 0 bridgehead atoms. The summed E-state index contributed by atoms with van der Waals surface area (Å²) in [6, 6.07) is 19.8. The van der Waals surface area contributed by atoms with Crippen LogP contribution in [0.15, 0.2) is 78.0 Å². The van der Waals surface area contributed by atoms with Crippen molar-refractivity contribution in [2.75, 3.05) is 0 Å². The van der Waals surface area contributed by atoms with Gasteiger partial charge in [-0.05, 0) is 30.3 Å². The first-order valence-electron chi connectivity index (χ1n) is 8.56. The highest BCUT2D eigenvalue weighted by Gasteiger charge is 2.23. The van der Waals surface area contributed by atoms with Crippen LogP contribution in [0.3, 0.4) is 0 Å². The number of aliphatic imine (C=N–C) groups is 1. The summed E-state index contributed by atoms with van der Waals surface area (Å²) in [6.07, 6.45) is 3.50. The van der Waals surface area contributed by atoms with E-state index in [9.17, 15) is 0 Å². The second kappa shape index (κ2) is 6.45. The van der Waals surface area contributed by atoms with E-state index in [-0.39, 0.29) is 0 Å². The number of benzene rings is 2. The second-order valence-corrected chi connectivity index (χ2v) is 6.64. The highest BCUT2D eigenvalue weighted by atomic mass is 35.5. The smallest absolute Gasteiger partial charge is 0.168 e. The van der Waals surface area contributed by atoms with Crippen LogP contribution in [0.25, 0.3) is 17.1 Å². The van der Waals surface area contributed by atoms with E-state index in [0.29, 0.717) is 11.6 Å². The standard InChI is InChI=1S/C21H14ClN5/c22-16-6-7-18-17(12-16)20(14-4-2-1-3-5-14)24-13-19-25-26-21(27(18)19)15-8-10-23-11-9-15/h1-12H,13H2. The first kappa shape index (κ1) is 15.9. The third-order valence-corrected chi connectivity index (χ3v) is 4.78. The molecule has 2 aromatic carbocycles. The van der Waals surface area contributed by atoms with Gasteiger partial charge in [-0.2, -0.15) is 0 Å². The normalized spacial score (nSPS) is 12.7. The van der Waals surface area contributed by atoms with Gasteiger partial charge in [-0.1, -0.05) is 41.9 Å². The molecule has 0 saturated heterocycles. The maximum Gasteiger partial charge on any atom is 0.168 e. The van der Waals surface area contributed by atoms with E-state index in [2.05, 4.69) is 31.9 Å². The molecule has 0 fully saturated rings. The maximum absolute atomic E-state index is 6.34. The number of hydrogen-bond acceptors (Lipinski definition) is 4. The van der Waals surface area contributed by atoms with E-state index in [1.165, 1.54) is 0 Å². The van der Waals surface area contributed by atoms with Gasteiger partial charge in [0.05, 0.1) is 11.4 Å². The Labute approximate surface area is 161 Å². The highest BCUT2D eigenvalue weighted by Crippen LogP contribution is 2.31. The Kier molecular flexibility index (Phi) is 3.80. The average Bonchev–Trinajstić information content (AvgIpc) is 3.07. The fourth-order valence-corrected chi connectivity index (χ4v) is 3.50. The van der Waals surface area contributed by atoms with Crippen LogP contribution in [-0.4, -0.2) is 25.5 Å². The van der Waals surface area contributed by atoms with Crippen molar-refractivity contribution >= 4 is 17.3 Å². The Hall–Kier alpha value is -3.31. The topological polar surface area (TPSA) is 56.0 Å². The molecule has 0 aliphatic carbocycles. The van der Waals surface area contributed by atoms with Crippen molar-refractivity contribution in [2.45, 2.75) is 6.54 Å². The molecule has 27 heavy (non-hydrogen) atoms. The van der Waals surface area contributed by atoms with Gasteiger partial charge in [0, 0.05) is 34.1 Å². The third kappa shape index (κ3) is 2.73. The lowest BCUT2D eigenvalue weighted by Gasteiger charge is -2.14. The van der Waals surface area contributed by atoms with Gasteiger partial charge in [0.15, 0.2) is 11.6 Å². The fourth-order valence-electron chi connectivity index (χ4n) is 3.33. The zero-order valence-electron chi connectivity index (χ0n) is 14.2. The molecular weight excluding hydrogens is 358 g/mol. The maximum atomic E-state index is 6.34. The summed E-state index contributed by atoms with van der Waals surface area (Å²) < 4.78 is 2.06. The molecule has 0 amide bonds. The molecule has 1 aliphatic heterocycles. The van der Waals surface area contributed by atoms with Crippen LogP contribution in [0.1, 0.15) is 17.0 Å². The first-order chi connectivity index (χ1) is 13.3. The third-order valence-electron chi connectivity index (χ3n) is 4.55. The highest BCUT2D eigenvalue weighted by molar-refractivity contribution is 6.31. The summed E-state index contributed by atoms with van der Waals surface area (Å²) in [5.41, 5.74) is 4.83. The second-order valence-electron chi connectivity index (χ2n) is 6.20. The van der Waals surface area contributed by atoms with Crippen molar-refractivity contribution in [2.24, 2.45) is 4.99 Å². The Morgan fingerprint density at radius 3 is 2.48 bits per heavy atom. The number of nitrogens with zero attached hydrogens (tertiary/aromatic N) is 5. The molecule has 0 radical (unpaired) electrons. The van der Waals surface area contributed by atoms with Crippen LogP contribution >= 0.6 is 11.6 Å². The minimum Gasteiger partial charge on any atom is -0.277 e. The van der Waals surface area contributed by atoms with E-state index in [1.807, 2.05) is 48.5 Å². The van der Waals surface area contributed by atoms with Crippen molar-refractivity contribution in [3.05, 3.63) is 95.0 Å². The quantitative estimate of drug-likeness (QED) is 0.527. The molecule has 3 heterocycles. The summed E-state index contributed by atoms with van der Waals surface area (Å²) in [5.74, 6) is 1.55. The van der Waals surface area contributed by atoms with Gasteiger partial charge < -0.3 is 0 Å². The van der Waals surface area contributed by atoms with Crippen molar-refractivity contribution in [3.8, 4) is 17.1 Å². The lowest BCUT2D eigenvalue weighted by Crippen LogP contribution is -2.08. The average molecular weight is 372 g/mol. The number of hydrogen-bond donors (Lipinski definition) is 0. The predicted octanol–water partition coefficient (Wildman–Crippen LogP) is 4.33. The molecule has 0 atom stereocenters. The van der Waals surface area contributed by atoms with Gasteiger partial charge in [-0.15, -0.1) is 10.2 Å². The van der Waals surface area contributed by atoms with E-state index < -0.39 is 0 Å². The molecule has 130 valence electrons. The van der Waals surface area contributed by atoms with Crippen LogP contribution in [0.5, 0.6) is 0 Å². The molecule has 6 heteroatoms. The van der Waals surface area contributed by atoms with Crippen LogP contribution in [0, 0.1) is 0 Å². The van der Waals surface area contributed by atoms with Gasteiger partial charge in [0.2, 0.25) is 0 Å². The number of pyridine rings is 1. The Morgan fingerprint density at radius 2 is 1.67 bits per heavy atom. The number of fused-ring (bicyclic) bond motifs is 3. The zero-order chi connectivity index (χ0) is 18.2. The molecule has 0 unspecified atom stereocenters. The molecular formula is C21H14ClN5. The summed E-state index contributed by atoms with van der Waals surface area (Å²) >= 11 is 6.34. The largest absolute Gasteiger partial charge is 0.277 e. The molecule has 0 saturated carbocycles. The van der Waals surface area contributed by atoms with Crippen LogP contribution < -0.4 is 0 Å². The lowest BCUT2D eigenvalue weighted by atomic mass is 10.0. The molecule has 2 aromatic heterocycles. The zero-order valence-corrected chi connectivity index (χ0v) is 15.0. The lowest BCUT2D eigenvalue weighted by molar-refractivity contribution is 0.872. The van der Waals surface area contributed by atoms with Crippen LogP contribution in [0.2, 0.25) is 5.02 Å². The summed E-state index contributed by atoms with van der Waals surface area (Å²) in [6.45, 7) is 0.439. The fraction of sp³-hybridized carbons (Fsp3) is 0.0476. The summed E-state index contributed by atoms with van der Waals surface area (Å²) in [7, 11) is 0. The van der Waals surface area contributed by atoms with Gasteiger partial charge in [0.1, 0.15) is 6.54 Å². The Bertz CT molecular complexity index is 1150. The van der Waals surface area contributed by atoms with Gasteiger partial charge in [0.25, 0.3) is 0 Å². The Balaban J connectivity index is 1.77. The van der Waals surface area contributed by atoms with E-state index in [0.717, 1.165) is 39.7 Å². The molecule has 4 aromatic rings. The number of halogens is 1. The summed E-state index contributed by atoms with van der Waals surface area (Å²) in [5, 5.41) is 9.47. The minimum absolute atomic E-state index is 0.439. The summed E-state index contributed by atoms with van der Waals surface area (Å²) in [4.78, 5) is 8.94.